The average molecular weight is 1000 g/mol. The first-order chi connectivity index (χ1) is 37.8. The molecule has 0 saturated carbocycles. The molecule has 6 heterocycles. The van der Waals surface area contributed by atoms with Gasteiger partial charge in [0.15, 0.2) is 0 Å². The highest BCUT2D eigenvalue weighted by Crippen LogP contribution is 2.46. The first-order valence-corrected chi connectivity index (χ1v) is 25.9. The number of pyridine rings is 2. The minimum atomic E-state index is -0.813. The van der Waals surface area contributed by atoms with Crippen molar-refractivity contribution in [1.82, 2.24) is 30.4 Å². The zero-order valence-electron chi connectivity index (χ0n) is 42.6. The Morgan fingerprint density at radius 3 is 1.44 bits per heavy atom. The molecule has 2 N–H and O–H groups in total. The highest BCUT2D eigenvalue weighted by Gasteiger charge is 2.41. The molecule has 11 nitrogen and oxygen atoms in total. The number of carbonyl (C=O) groups excluding carboxylic acids is 2. The number of amides is 2. The molecule has 77 heavy (non-hydrogen) atoms. The molecule has 11 heteroatoms. The van der Waals surface area contributed by atoms with Crippen LogP contribution in [0.5, 0.6) is 0 Å². The van der Waals surface area contributed by atoms with Crippen molar-refractivity contribution in [1.29, 1.82) is 0 Å². The van der Waals surface area contributed by atoms with Gasteiger partial charge in [-0.1, -0.05) is 158 Å². The smallest absolute Gasteiger partial charge is 0.266 e. The van der Waals surface area contributed by atoms with Crippen LogP contribution in [0.1, 0.15) is 81.6 Å². The summed E-state index contributed by atoms with van der Waals surface area (Å²) in [6.45, 7) is 4.64. The minimum absolute atomic E-state index is 0.0643. The van der Waals surface area contributed by atoms with Gasteiger partial charge in [-0.25, -0.2) is 14.7 Å². The van der Waals surface area contributed by atoms with Crippen LogP contribution in [0.15, 0.2) is 240 Å². The normalized spacial score (nSPS) is 13.9. The van der Waals surface area contributed by atoms with Crippen molar-refractivity contribution in [3.8, 4) is 11.3 Å². The molecule has 2 atom stereocenters. The van der Waals surface area contributed by atoms with Gasteiger partial charge in [0.2, 0.25) is 0 Å². The topological polar surface area (TPSA) is 139 Å². The lowest BCUT2D eigenvalue weighted by Crippen LogP contribution is -2.38. The Bertz CT molecular complexity index is 3790. The van der Waals surface area contributed by atoms with Gasteiger partial charge < -0.3 is 10.6 Å². The second kappa shape index (κ2) is 20.9. The third-order valence-corrected chi connectivity index (χ3v) is 14.7. The standard InChI is InChI=1S/C42H33N5O.C24H20N4O/c1-29(30-14-6-2-7-15-30)44-41(48)38-26-32-27-39-36(28-37(32)45-38)40(31-22-24-43-25-23-31)46-47(39)42(33-16-8-3-9-17-33,34-18-10-4-11-19-34)35-20-12-5-13-21-35;1-15(16-5-3-2-4-6-16)27-24(29)22-12-18-11-19-14-26-23(17-7-9-25-10-8-17)20(19)13-21(18)28-22/h2-25,27-29H,26H2,1H3,(H,44,48);2-11,13,15H,12,14H2,1H3,(H,27,29)/t29-;15-/m11/s1. The summed E-state index contributed by atoms with van der Waals surface area (Å²) in [7, 11) is 0. The predicted octanol–water partition coefficient (Wildman–Crippen LogP) is 12.4. The summed E-state index contributed by atoms with van der Waals surface area (Å²) >= 11 is 0. The summed E-state index contributed by atoms with van der Waals surface area (Å²) in [5.74, 6) is -0.268. The van der Waals surface area contributed by atoms with Crippen LogP contribution in [0.3, 0.4) is 0 Å². The van der Waals surface area contributed by atoms with E-state index in [2.05, 4.69) is 127 Å². The van der Waals surface area contributed by atoms with Gasteiger partial charge in [0.05, 0.1) is 41.2 Å². The van der Waals surface area contributed by atoms with E-state index in [4.69, 9.17) is 15.1 Å². The summed E-state index contributed by atoms with van der Waals surface area (Å²) in [5.41, 5.74) is 16.4. The molecule has 3 aromatic heterocycles. The zero-order chi connectivity index (χ0) is 52.3. The zero-order valence-corrected chi connectivity index (χ0v) is 42.6. The second-order valence-electron chi connectivity index (χ2n) is 19.5. The predicted molar refractivity (Wildman–Crippen MR) is 305 cm³/mol. The Hall–Kier alpha value is -9.74. The highest BCUT2D eigenvalue weighted by molar-refractivity contribution is 6.41. The van der Waals surface area contributed by atoms with Crippen molar-refractivity contribution >= 4 is 51.2 Å². The second-order valence-corrected chi connectivity index (χ2v) is 19.5. The van der Waals surface area contributed by atoms with Crippen molar-refractivity contribution in [3.05, 3.63) is 281 Å². The van der Waals surface area contributed by atoms with Gasteiger partial charge in [-0.3, -0.25) is 24.5 Å². The molecule has 0 saturated heterocycles. The van der Waals surface area contributed by atoms with E-state index in [0.29, 0.717) is 30.8 Å². The van der Waals surface area contributed by atoms with E-state index in [1.54, 1.807) is 24.8 Å². The molecule has 374 valence electrons. The highest BCUT2D eigenvalue weighted by atomic mass is 16.2. The molecule has 0 radical (unpaired) electrons. The summed E-state index contributed by atoms with van der Waals surface area (Å²) in [4.78, 5) is 48.9. The number of fused-ring (bicyclic) bond motifs is 4. The lowest BCUT2D eigenvalue weighted by atomic mass is 9.77. The van der Waals surface area contributed by atoms with Gasteiger partial charge in [-0.05, 0) is 101 Å². The van der Waals surface area contributed by atoms with Crippen molar-refractivity contribution in [3.63, 3.8) is 0 Å². The number of nitrogens with zero attached hydrogens (tertiary/aromatic N) is 7. The number of aromatic nitrogens is 4. The van der Waals surface area contributed by atoms with E-state index in [1.165, 1.54) is 5.56 Å². The number of nitrogens with one attached hydrogen (secondary N) is 2. The molecule has 0 aliphatic carbocycles. The van der Waals surface area contributed by atoms with Gasteiger partial charge in [0.1, 0.15) is 22.7 Å². The number of aliphatic imine (C=N–C) groups is 3. The maximum absolute atomic E-state index is 13.5. The molecule has 0 unspecified atom stereocenters. The van der Waals surface area contributed by atoms with Crippen LogP contribution in [0, 0.1) is 0 Å². The third-order valence-electron chi connectivity index (χ3n) is 14.7. The lowest BCUT2D eigenvalue weighted by molar-refractivity contribution is -0.116. The van der Waals surface area contributed by atoms with E-state index in [-0.39, 0.29) is 23.9 Å². The number of hydrogen-bond donors (Lipinski definition) is 2. The lowest BCUT2D eigenvalue weighted by Gasteiger charge is -2.37. The van der Waals surface area contributed by atoms with Gasteiger partial charge >= 0.3 is 0 Å². The van der Waals surface area contributed by atoms with Gasteiger partial charge in [0.25, 0.3) is 11.8 Å². The molecular formula is C66H53N9O2. The number of rotatable bonds is 12. The Morgan fingerprint density at radius 2 is 0.948 bits per heavy atom. The quantitative estimate of drug-likeness (QED) is 0.117. The minimum Gasteiger partial charge on any atom is -0.344 e. The van der Waals surface area contributed by atoms with Crippen LogP contribution in [0.4, 0.5) is 11.4 Å². The monoisotopic (exact) mass is 1000 g/mol. The fraction of sp³-hybridized carbons (Fsp3) is 0.121. The molecule has 7 aromatic carbocycles. The van der Waals surface area contributed by atoms with Crippen LogP contribution in [0.2, 0.25) is 0 Å². The summed E-state index contributed by atoms with van der Waals surface area (Å²) < 4.78 is 2.17. The van der Waals surface area contributed by atoms with Crippen LogP contribution in [-0.2, 0) is 34.5 Å². The molecule has 13 rings (SSSR count). The summed E-state index contributed by atoms with van der Waals surface area (Å²) in [5, 5.41) is 12.7. The van der Waals surface area contributed by atoms with E-state index in [9.17, 15) is 9.59 Å². The molecule has 0 fully saturated rings. The Morgan fingerprint density at radius 1 is 0.506 bits per heavy atom. The first-order valence-electron chi connectivity index (χ1n) is 25.9. The number of benzene rings is 7. The number of carbonyl (C=O) groups is 2. The number of hydrogen-bond acceptors (Lipinski definition) is 8. The Kier molecular flexibility index (Phi) is 13.1. The van der Waals surface area contributed by atoms with Crippen molar-refractivity contribution in [2.45, 2.75) is 50.9 Å². The Labute approximate surface area is 446 Å². The van der Waals surface area contributed by atoms with Crippen molar-refractivity contribution in [2.75, 3.05) is 0 Å². The summed E-state index contributed by atoms with van der Waals surface area (Å²) in [6, 6.07) is 67.8. The largest absolute Gasteiger partial charge is 0.344 e. The van der Waals surface area contributed by atoms with Crippen molar-refractivity contribution < 1.29 is 9.59 Å². The van der Waals surface area contributed by atoms with Crippen LogP contribution in [0.25, 0.3) is 22.2 Å². The Balaban J connectivity index is 0.000000175. The van der Waals surface area contributed by atoms with E-state index < -0.39 is 5.54 Å². The SMILES string of the molecule is C[C@@H](NC(=O)C1=Nc2cc3c(-c4ccncc4)nn(C(c4ccccc4)(c4ccccc4)c4ccccc4)c3cc2C1)c1ccccc1.C[C@@H](NC(=O)C1=Nc2cc3c(cc2C1)CN=C3c1ccncc1)c1ccccc1. The van der Waals surface area contributed by atoms with E-state index >= 15 is 0 Å². The van der Waals surface area contributed by atoms with Crippen LogP contribution >= 0.6 is 0 Å². The van der Waals surface area contributed by atoms with Crippen molar-refractivity contribution in [2.24, 2.45) is 15.0 Å². The van der Waals surface area contributed by atoms with Crippen LogP contribution in [-0.4, -0.2) is 48.7 Å². The third kappa shape index (κ3) is 9.33. The maximum Gasteiger partial charge on any atom is 0.266 e. The van der Waals surface area contributed by atoms with E-state index in [0.717, 1.165) is 89.3 Å². The molecule has 3 aliphatic rings. The molecule has 3 aliphatic heterocycles. The fourth-order valence-corrected chi connectivity index (χ4v) is 10.8. The fourth-order valence-electron chi connectivity index (χ4n) is 10.8. The molecule has 2 amide bonds. The first kappa shape index (κ1) is 48.2. The van der Waals surface area contributed by atoms with Gasteiger partial charge in [-0.15, -0.1) is 0 Å². The molecule has 0 spiro atoms. The maximum atomic E-state index is 13.5. The molecule has 0 bridgehead atoms. The average Bonchev–Trinajstić information content (AvgIpc) is 4.47. The van der Waals surface area contributed by atoms with Gasteiger partial charge in [0, 0.05) is 59.7 Å². The molecule has 10 aromatic rings. The van der Waals surface area contributed by atoms with Crippen LogP contribution < -0.4 is 10.6 Å². The summed E-state index contributed by atoms with van der Waals surface area (Å²) in [6.07, 6.45) is 8.13. The van der Waals surface area contributed by atoms with E-state index in [1.807, 2.05) is 117 Å². The molecular weight excluding hydrogens is 951 g/mol. The van der Waals surface area contributed by atoms with Gasteiger partial charge in [-0.2, -0.15) is 5.10 Å².